The molecule has 1 N–H and O–H groups in total. The molecule has 0 saturated heterocycles. The summed E-state index contributed by atoms with van der Waals surface area (Å²) in [5.41, 5.74) is 2.63. The number of hydrogen-bond donors (Lipinski definition) is 1. The number of aliphatic imine (C=N–C) groups is 1. The van der Waals surface area contributed by atoms with Crippen LogP contribution in [0, 0.1) is 25.0 Å². The van der Waals surface area contributed by atoms with Gasteiger partial charge in [-0.2, -0.15) is 5.10 Å². The van der Waals surface area contributed by atoms with Crippen LogP contribution in [0.15, 0.2) is 4.99 Å². The average molecular weight is 236 g/mol. The van der Waals surface area contributed by atoms with Crippen molar-refractivity contribution in [1.82, 2.24) is 9.78 Å². The molecule has 0 bridgehead atoms. The Morgan fingerprint density at radius 1 is 1.53 bits per heavy atom. The quantitative estimate of drug-likeness (QED) is 0.782. The monoisotopic (exact) mass is 236 g/mol. The Kier molecular flexibility index (Phi) is 3.59. The highest BCUT2D eigenvalue weighted by molar-refractivity contribution is 5.58. The summed E-state index contributed by atoms with van der Waals surface area (Å²) < 4.78 is 1.98. The van der Waals surface area contributed by atoms with E-state index in [0.717, 1.165) is 43.0 Å². The van der Waals surface area contributed by atoms with Crippen molar-refractivity contribution < 1.29 is 5.06 Å². The number of hydrogen-bond acceptors (Lipinski definition) is 3. The summed E-state index contributed by atoms with van der Waals surface area (Å²) in [6.07, 6.45) is 4.14. The lowest BCUT2D eigenvalue weighted by Gasteiger charge is -2.19. The Morgan fingerprint density at radius 3 is 2.82 bits per heavy atom. The van der Waals surface area contributed by atoms with Gasteiger partial charge in [0.1, 0.15) is 5.69 Å². The second kappa shape index (κ2) is 4.98. The largest absolute Gasteiger partial charge is 0.629 e. The molecule has 1 aromatic heterocycles. The first-order valence-electron chi connectivity index (χ1n) is 6.12. The molecule has 2 unspecified atom stereocenters. The third-order valence-corrected chi connectivity index (χ3v) is 3.40. The van der Waals surface area contributed by atoms with E-state index in [2.05, 4.69) is 10.1 Å². The zero-order chi connectivity index (χ0) is 12.4. The molecular weight excluding hydrogens is 216 g/mol. The van der Waals surface area contributed by atoms with Crippen molar-refractivity contribution in [3.05, 3.63) is 16.6 Å². The van der Waals surface area contributed by atoms with E-state index in [1.54, 1.807) is 7.05 Å². The number of hydroxylamine groups is 1. The van der Waals surface area contributed by atoms with Crippen LogP contribution in [0.4, 0.5) is 5.69 Å². The van der Waals surface area contributed by atoms with E-state index in [1.807, 2.05) is 24.7 Å². The summed E-state index contributed by atoms with van der Waals surface area (Å²) in [7, 11) is 1.61. The Bertz CT molecular complexity index is 422. The molecule has 0 spiro atoms. The van der Waals surface area contributed by atoms with Gasteiger partial charge in [-0.25, -0.2) is 0 Å². The van der Waals surface area contributed by atoms with Crippen molar-refractivity contribution in [2.45, 2.75) is 33.2 Å². The highest BCUT2D eigenvalue weighted by Crippen LogP contribution is 2.19. The lowest BCUT2D eigenvalue weighted by atomic mass is 10.0. The van der Waals surface area contributed by atoms with E-state index in [4.69, 9.17) is 0 Å². The third kappa shape index (κ3) is 2.56. The summed E-state index contributed by atoms with van der Waals surface area (Å²) in [4.78, 5) is 4.23. The van der Waals surface area contributed by atoms with Crippen LogP contribution in [0.2, 0.25) is 0 Å². The summed E-state index contributed by atoms with van der Waals surface area (Å²) in [6.45, 7) is 5.70. The van der Waals surface area contributed by atoms with Gasteiger partial charge >= 0.3 is 0 Å². The summed E-state index contributed by atoms with van der Waals surface area (Å²) in [5, 5.41) is 16.1. The standard InChI is InChI=1S/C12H20N4O/c1-9-12(15(3)17)10(2)16(14-9)8-11-4-6-13-7-5-11/h6,11,15H,4-5,7-8H2,1-3H3. The first-order valence-corrected chi connectivity index (χ1v) is 6.12. The maximum absolute atomic E-state index is 11.5. The predicted octanol–water partition coefficient (Wildman–Crippen LogP) is 0.625. The van der Waals surface area contributed by atoms with Gasteiger partial charge in [0, 0.05) is 13.1 Å². The summed E-state index contributed by atoms with van der Waals surface area (Å²) >= 11 is 0. The minimum Gasteiger partial charge on any atom is -0.629 e. The molecule has 0 aromatic carbocycles. The highest BCUT2D eigenvalue weighted by Gasteiger charge is 2.19. The fourth-order valence-corrected chi connectivity index (χ4v) is 2.48. The van der Waals surface area contributed by atoms with Crippen LogP contribution in [-0.4, -0.2) is 29.6 Å². The smallest absolute Gasteiger partial charge is 0.175 e. The summed E-state index contributed by atoms with van der Waals surface area (Å²) in [5.74, 6) is 0.602. The molecule has 0 radical (unpaired) electrons. The van der Waals surface area contributed by atoms with Gasteiger partial charge in [0.25, 0.3) is 0 Å². The number of aromatic nitrogens is 2. The number of quaternary nitrogens is 1. The maximum Gasteiger partial charge on any atom is 0.175 e. The molecule has 17 heavy (non-hydrogen) atoms. The lowest BCUT2D eigenvalue weighted by molar-refractivity contribution is -0.752. The van der Waals surface area contributed by atoms with Gasteiger partial charge in [0.05, 0.1) is 12.7 Å². The fraction of sp³-hybridized carbons (Fsp3) is 0.667. The van der Waals surface area contributed by atoms with Gasteiger partial charge < -0.3 is 10.3 Å². The molecule has 94 valence electrons. The number of rotatable bonds is 3. The second-order valence-corrected chi connectivity index (χ2v) is 4.76. The van der Waals surface area contributed by atoms with E-state index in [0.29, 0.717) is 5.92 Å². The van der Waals surface area contributed by atoms with E-state index in [-0.39, 0.29) is 5.06 Å². The van der Waals surface area contributed by atoms with E-state index >= 15 is 0 Å². The summed E-state index contributed by atoms with van der Waals surface area (Å²) in [6, 6.07) is 0. The number of nitrogens with one attached hydrogen (secondary N) is 1. The molecule has 2 rings (SSSR count). The van der Waals surface area contributed by atoms with Gasteiger partial charge in [-0.1, -0.05) is 0 Å². The van der Waals surface area contributed by atoms with Crippen molar-refractivity contribution in [3.63, 3.8) is 0 Å². The van der Waals surface area contributed by atoms with Crippen LogP contribution in [-0.2, 0) is 6.54 Å². The van der Waals surface area contributed by atoms with Gasteiger partial charge in [-0.05, 0) is 38.8 Å². The van der Waals surface area contributed by atoms with Crippen LogP contribution in [0.25, 0.3) is 0 Å². The Labute approximate surface area is 102 Å². The zero-order valence-corrected chi connectivity index (χ0v) is 10.7. The maximum atomic E-state index is 11.5. The zero-order valence-electron chi connectivity index (χ0n) is 10.7. The predicted molar refractivity (Wildman–Crippen MR) is 67.7 cm³/mol. The molecule has 0 aliphatic carbocycles. The van der Waals surface area contributed by atoms with E-state index in [1.165, 1.54) is 0 Å². The molecule has 2 atom stereocenters. The topological polar surface area (TPSA) is 57.7 Å². The molecule has 2 heterocycles. The lowest BCUT2D eigenvalue weighted by Crippen LogP contribution is -2.98. The SMILES string of the molecule is Cc1nn(CC2CC=NCC2)c(C)c1[NH+](C)[O-]. The minimum absolute atomic E-state index is 0.108. The molecule has 0 saturated carbocycles. The first-order chi connectivity index (χ1) is 8.09. The molecule has 1 aromatic rings. The van der Waals surface area contributed by atoms with Crippen LogP contribution in [0.1, 0.15) is 24.2 Å². The molecule has 1 aliphatic rings. The van der Waals surface area contributed by atoms with Crippen molar-refractivity contribution in [3.8, 4) is 0 Å². The molecular formula is C12H20N4O. The van der Waals surface area contributed by atoms with Gasteiger partial charge in [0.15, 0.2) is 5.69 Å². The van der Waals surface area contributed by atoms with Gasteiger partial charge in [-0.3, -0.25) is 9.67 Å². The average Bonchev–Trinajstić information content (AvgIpc) is 2.55. The first kappa shape index (κ1) is 12.3. The Balaban J connectivity index is 2.16. The number of aryl methyl sites for hydroxylation is 1. The van der Waals surface area contributed by atoms with Crippen LogP contribution in [0.5, 0.6) is 0 Å². The van der Waals surface area contributed by atoms with Crippen LogP contribution in [0.3, 0.4) is 0 Å². The number of nitrogens with zero attached hydrogens (tertiary/aromatic N) is 3. The van der Waals surface area contributed by atoms with Crippen molar-refractivity contribution in [2.24, 2.45) is 10.9 Å². The van der Waals surface area contributed by atoms with Crippen molar-refractivity contribution in [2.75, 3.05) is 13.6 Å². The van der Waals surface area contributed by atoms with E-state index < -0.39 is 0 Å². The van der Waals surface area contributed by atoms with E-state index in [9.17, 15) is 5.21 Å². The second-order valence-electron chi connectivity index (χ2n) is 4.76. The Hall–Kier alpha value is -1.20. The van der Waals surface area contributed by atoms with Crippen molar-refractivity contribution >= 4 is 11.9 Å². The van der Waals surface area contributed by atoms with Crippen molar-refractivity contribution in [1.29, 1.82) is 0 Å². The van der Waals surface area contributed by atoms with Crippen LogP contribution < -0.4 is 5.06 Å². The molecule has 5 heteroatoms. The third-order valence-electron chi connectivity index (χ3n) is 3.40. The fourth-order valence-electron chi connectivity index (χ4n) is 2.48. The molecule has 0 fully saturated rings. The molecule has 5 nitrogen and oxygen atoms in total. The normalized spacial score (nSPS) is 21.8. The Morgan fingerprint density at radius 2 is 2.29 bits per heavy atom. The molecule has 1 aliphatic heterocycles. The highest BCUT2D eigenvalue weighted by atomic mass is 16.5. The van der Waals surface area contributed by atoms with Crippen LogP contribution >= 0.6 is 0 Å². The van der Waals surface area contributed by atoms with Gasteiger partial charge in [-0.15, -0.1) is 0 Å². The van der Waals surface area contributed by atoms with Gasteiger partial charge in [0.2, 0.25) is 0 Å². The molecule has 0 amide bonds. The minimum atomic E-state index is 0.108.